The number of aryl methyl sites for hydroxylation is 3. The predicted octanol–water partition coefficient (Wildman–Crippen LogP) is 4.64. The second-order valence-electron chi connectivity index (χ2n) is 4.23. The Bertz CT molecular complexity index is 495. The van der Waals surface area contributed by atoms with Crippen LogP contribution in [0.3, 0.4) is 0 Å². The van der Waals surface area contributed by atoms with Crippen molar-refractivity contribution in [3.8, 4) is 5.75 Å². The van der Waals surface area contributed by atoms with Gasteiger partial charge in [-0.15, -0.1) is 0 Å². The molecule has 0 aliphatic heterocycles. The number of rotatable bonds is 3. The zero-order valence-electron chi connectivity index (χ0n) is 11.7. The average Bonchev–Trinajstić information content (AvgIpc) is 2.70. The molecule has 0 saturated carbocycles. The molecule has 0 aliphatic rings. The molecule has 1 aromatic carbocycles. The Labute approximate surface area is 113 Å². The van der Waals surface area contributed by atoms with E-state index in [0.29, 0.717) is 5.75 Å². The number of benzene rings is 1. The summed E-state index contributed by atoms with van der Waals surface area (Å²) in [5.41, 5.74) is 5.13. The summed E-state index contributed by atoms with van der Waals surface area (Å²) < 4.78 is 0. The normalized spacial score (nSPS) is 9.78. The summed E-state index contributed by atoms with van der Waals surface area (Å²) in [6.07, 6.45) is 4.06. The minimum atomic E-state index is 0. The largest absolute Gasteiger partial charge is 0.508 e. The van der Waals surface area contributed by atoms with E-state index in [1.54, 1.807) is 6.07 Å². The molecular weight excluding hydrogens is 222 g/mol. The van der Waals surface area contributed by atoms with Gasteiger partial charge in [0.1, 0.15) is 5.75 Å². The van der Waals surface area contributed by atoms with E-state index < -0.39 is 0 Å². The smallest absolute Gasteiger partial charge is 0.115 e. The molecule has 0 aliphatic carbocycles. The Kier molecular flexibility index (Phi) is 5.50. The molecule has 0 bridgehead atoms. The van der Waals surface area contributed by atoms with Crippen molar-refractivity contribution in [2.45, 2.75) is 40.5 Å². The SMILES string of the molecule is CC.Cc1[nH]cc(CCc2cccc(O)c2)c1C.[HH].[HH]. The Morgan fingerprint density at radius 2 is 1.89 bits per heavy atom. The lowest BCUT2D eigenvalue weighted by molar-refractivity contribution is 0.474. The third kappa shape index (κ3) is 3.66. The molecule has 0 spiro atoms. The van der Waals surface area contributed by atoms with Crippen molar-refractivity contribution in [1.82, 2.24) is 4.98 Å². The zero-order chi connectivity index (χ0) is 13.5. The second-order valence-corrected chi connectivity index (χ2v) is 4.23. The number of phenolic OH excluding ortho intramolecular Hbond substituents is 1. The van der Waals surface area contributed by atoms with Crippen molar-refractivity contribution in [1.29, 1.82) is 0 Å². The minimum Gasteiger partial charge on any atom is -0.508 e. The molecule has 1 aromatic heterocycles. The van der Waals surface area contributed by atoms with Gasteiger partial charge in [-0.25, -0.2) is 0 Å². The van der Waals surface area contributed by atoms with E-state index in [9.17, 15) is 5.11 Å². The van der Waals surface area contributed by atoms with Crippen LogP contribution in [0.2, 0.25) is 0 Å². The summed E-state index contributed by atoms with van der Waals surface area (Å²) >= 11 is 0. The number of hydrogen-bond donors (Lipinski definition) is 2. The Balaban J connectivity index is 0. The molecule has 0 atom stereocenters. The number of nitrogens with one attached hydrogen (secondary N) is 1. The van der Waals surface area contributed by atoms with Gasteiger partial charge in [0, 0.05) is 14.7 Å². The molecule has 2 N–H and O–H groups in total. The number of phenols is 1. The summed E-state index contributed by atoms with van der Waals surface area (Å²) in [5, 5.41) is 9.36. The van der Waals surface area contributed by atoms with Crippen LogP contribution in [0.1, 0.15) is 39.1 Å². The third-order valence-electron chi connectivity index (χ3n) is 3.10. The van der Waals surface area contributed by atoms with Crippen LogP contribution in [0, 0.1) is 13.8 Å². The quantitative estimate of drug-likeness (QED) is 0.816. The highest BCUT2D eigenvalue weighted by molar-refractivity contribution is 5.31. The highest BCUT2D eigenvalue weighted by Gasteiger charge is 2.03. The molecule has 18 heavy (non-hydrogen) atoms. The fraction of sp³-hybridized carbons (Fsp3) is 0.375. The van der Waals surface area contributed by atoms with Gasteiger partial charge in [-0.1, -0.05) is 26.0 Å². The monoisotopic (exact) mass is 249 g/mol. The van der Waals surface area contributed by atoms with Crippen LogP contribution in [0.15, 0.2) is 30.5 Å². The number of aromatic hydroxyl groups is 1. The topological polar surface area (TPSA) is 36.0 Å². The molecule has 2 nitrogen and oxygen atoms in total. The summed E-state index contributed by atoms with van der Waals surface area (Å²) in [6.45, 7) is 8.23. The molecule has 0 unspecified atom stereocenters. The molecule has 102 valence electrons. The minimum absolute atomic E-state index is 0. The summed E-state index contributed by atoms with van der Waals surface area (Å²) in [7, 11) is 0. The first-order valence-electron chi connectivity index (χ1n) is 6.58. The van der Waals surface area contributed by atoms with Gasteiger partial charge in [0.25, 0.3) is 0 Å². The van der Waals surface area contributed by atoms with Crippen LogP contribution >= 0.6 is 0 Å². The molecule has 0 amide bonds. The van der Waals surface area contributed by atoms with Gasteiger partial charge >= 0.3 is 0 Å². The van der Waals surface area contributed by atoms with Crippen molar-refractivity contribution in [3.05, 3.63) is 52.8 Å². The number of H-pyrrole nitrogens is 1. The highest BCUT2D eigenvalue weighted by Crippen LogP contribution is 2.16. The summed E-state index contributed by atoms with van der Waals surface area (Å²) in [5.74, 6) is 0.347. The van der Waals surface area contributed by atoms with E-state index in [2.05, 4.69) is 31.1 Å². The lowest BCUT2D eigenvalue weighted by Crippen LogP contribution is -1.91. The van der Waals surface area contributed by atoms with Gasteiger partial charge in [-0.3, -0.25) is 0 Å². The fourth-order valence-electron chi connectivity index (χ4n) is 1.90. The highest BCUT2D eigenvalue weighted by atomic mass is 16.3. The van der Waals surface area contributed by atoms with Gasteiger partial charge in [-0.05, 0) is 55.5 Å². The summed E-state index contributed by atoms with van der Waals surface area (Å²) in [6, 6.07) is 7.47. The maximum atomic E-state index is 9.36. The van der Waals surface area contributed by atoms with Crippen molar-refractivity contribution in [3.63, 3.8) is 0 Å². The fourth-order valence-corrected chi connectivity index (χ4v) is 1.90. The molecule has 2 aromatic rings. The lowest BCUT2D eigenvalue weighted by Gasteiger charge is -2.02. The van der Waals surface area contributed by atoms with Gasteiger partial charge in [-0.2, -0.15) is 0 Å². The van der Waals surface area contributed by atoms with Crippen LogP contribution in [0.25, 0.3) is 0 Å². The zero-order valence-corrected chi connectivity index (χ0v) is 11.7. The van der Waals surface area contributed by atoms with Crippen molar-refractivity contribution in [2.24, 2.45) is 0 Å². The van der Waals surface area contributed by atoms with Gasteiger partial charge in [0.15, 0.2) is 0 Å². The van der Waals surface area contributed by atoms with Crippen LogP contribution in [-0.2, 0) is 12.8 Å². The molecule has 2 rings (SSSR count). The first-order valence-corrected chi connectivity index (χ1v) is 6.58. The second kappa shape index (κ2) is 6.90. The van der Waals surface area contributed by atoms with E-state index in [1.165, 1.54) is 22.4 Å². The Morgan fingerprint density at radius 3 is 2.44 bits per heavy atom. The van der Waals surface area contributed by atoms with Crippen molar-refractivity contribution >= 4 is 0 Å². The van der Waals surface area contributed by atoms with E-state index in [4.69, 9.17) is 0 Å². The van der Waals surface area contributed by atoms with Gasteiger partial charge < -0.3 is 10.1 Å². The number of hydrogen-bond acceptors (Lipinski definition) is 1. The Morgan fingerprint density at radius 1 is 1.17 bits per heavy atom. The maximum absolute atomic E-state index is 9.36. The van der Waals surface area contributed by atoms with Crippen LogP contribution in [0.5, 0.6) is 5.75 Å². The maximum Gasteiger partial charge on any atom is 0.115 e. The van der Waals surface area contributed by atoms with E-state index in [0.717, 1.165) is 12.8 Å². The first-order chi connectivity index (χ1) is 8.66. The Hall–Kier alpha value is -1.70. The molecule has 2 heteroatoms. The lowest BCUT2D eigenvalue weighted by atomic mass is 10.0. The molecule has 0 radical (unpaired) electrons. The molecular formula is C16H27NO. The van der Waals surface area contributed by atoms with Crippen LogP contribution in [-0.4, -0.2) is 10.1 Å². The van der Waals surface area contributed by atoms with Crippen molar-refractivity contribution in [2.75, 3.05) is 0 Å². The number of aromatic nitrogens is 1. The van der Waals surface area contributed by atoms with E-state index in [1.807, 2.05) is 26.0 Å². The van der Waals surface area contributed by atoms with Crippen LogP contribution in [0.4, 0.5) is 0 Å². The summed E-state index contributed by atoms with van der Waals surface area (Å²) in [4.78, 5) is 3.24. The number of aromatic amines is 1. The molecule has 0 fully saturated rings. The standard InChI is InChI=1S/C14H17NO.C2H6.2H2/c1-10-11(2)15-9-13(10)7-6-12-4-3-5-14(16)8-12;1-2;;/h3-5,8-9,15-16H,6-7H2,1-2H3;1-2H3;2*1H. The first kappa shape index (κ1) is 14.4. The average molecular weight is 249 g/mol. The third-order valence-corrected chi connectivity index (χ3v) is 3.10. The van der Waals surface area contributed by atoms with E-state index in [-0.39, 0.29) is 2.85 Å². The van der Waals surface area contributed by atoms with Crippen LogP contribution < -0.4 is 0 Å². The van der Waals surface area contributed by atoms with Gasteiger partial charge in [0.2, 0.25) is 0 Å². The van der Waals surface area contributed by atoms with Crippen molar-refractivity contribution < 1.29 is 7.96 Å². The van der Waals surface area contributed by atoms with Gasteiger partial charge in [0.05, 0.1) is 0 Å². The van der Waals surface area contributed by atoms with E-state index >= 15 is 0 Å². The molecule has 1 heterocycles. The molecule has 0 saturated heterocycles. The predicted molar refractivity (Wildman–Crippen MR) is 81.4 cm³/mol.